The number of hydrogen-bond acceptors (Lipinski definition) is 1. The lowest BCUT2D eigenvalue weighted by Crippen LogP contribution is -2.41. The zero-order valence-electron chi connectivity index (χ0n) is 12.1. The average Bonchev–Trinajstić information content (AvgIpc) is 2.37. The second kappa shape index (κ2) is 5.77. The van der Waals surface area contributed by atoms with Crippen molar-refractivity contribution in [1.29, 1.82) is 0 Å². The highest BCUT2D eigenvalue weighted by molar-refractivity contribution is 6.69. The van der Waals surface area contributed by atoms with Crippen LogP contribution in [-0.4, -0.2) is 13.9 Å². The molecule has 0 heterocycles. The molecule has 2 rings (SSSR count). The summed E-state index contributed by atoms with van der Waals surface area (Å²) in [4.78, 5) is 0. The van der Waals surface area contributed by atoms with Crippen molar-refractivity contribution in [3.05, 3.63) is 48.0 Å². The van der Waals surface area contributed by atoms with Crippen molar-refractivity contribution in [3.63, 3.8) is 0 Å². The maximum atomic E-state index is 6.37. The van der Waals surface area contributed by atoms with Crippen molar-refractivity contribution < 1.29 is 4.43 Å². The summed E-state index contributed by atoms with van der Waals surface area (Å²) < 4.78 is 6.37. The summed E-state index contributed by atoms with van der Waals surface area (Å²) in [7, 11) is -1.61. The SMILES string of the molecule is C[Si](C)(C)OC1(C#Cc2ccccc2)C=CCCC1. The minimum atomic E-state index is -1.61. The molecule has 0 N–H and O–H groups in total. The Balaban J connectivity index is 2.27. The predicted octanol–water partition coefficient (Wildman–Crippen LogP) is 4.37. The lowest BCUT2D eigenvalue weighted by atomic mass is 9.91. The van der Waals surface area contributed by atoms with Gasteiger partial charge in [0, 0.05) is 5.56 Å². The van der Waals surface area contributed by atoms with Crippen LogP contribution in [0.5, 0.6) is 0 Å². The van der Waals surface area contributed by atoms with Crippen LogP contribution in [0.4, 0.5) is 0 Å². The largest absolute Gasteiger partial charge is 0.398 e. The predicted molar refractivity (Wildman–Crippen MR) is 83.5 cm³/mol. The molecule has 1 aliphatic carbocycles. The van der Waals surface area contributed by atoms with E-state index in [9.17, 15) is 0 Å². The average molecular weight is 270 g/mol. The van der Waals surface area contributed by atoms with Gasteiger partial charge in [0.1, 0.15) is 5.60 Å². The van der Waals surface area contributed by atoms with Crippen molar-refractivity contribution in [2.45, 2.75) is 44.5 Å². The van der Waals surface area contributed by atoms with Crippen LogP contribution >= 0.6 is 0 Å². The van der Waals surface area contributed by atoms with Crippen LogP contribution in [0.2, 0.25) is 19.6 Å². The first-order valence-electron chi connectivity index (χ1n) is 6.95. The summed E-state index contributed by atoms with van der Waals surface area (Å²) in [5, 5.41) is 0. The lowest BCUT2D eigenvalue weighted by Gasteiger charge is -2.34. The second-order valence-electron chi connectivity index (χ2n) is 6.01. The molecule has 1 aromatic rings. The molecule has 0 saturated heterocycles. The maximum Gasteiger partial charge on any atom is 0.186 e. The van der Waals surface area contributed by atoms with E-state index in [-0.39, 0.29) is 5.60 Å². The molecule has 1 nitrogen and oxygen atoms in total. The molecular weight excluding hydrogens is 248 g/mol. The van der Waals surface area contributed by atoms with Crippen molar-refractivity contribution in [2.24, 2.45) is 0 Å². The summed E-state index contributed by atoms with van der Waals surface area (Å²) >= 11 is 0. The third-order valence-corrected chi connectivity index (χ3v) is 3.96. The van der Waals surface area contributed by atoms with Gasteiger partial charge < -0.3 is 4.43 Å². The monoisotopic (exact) mass is 270 g/mol. The van der Waals surface area contributed by atoms with Gasteiger partial charge in [0.25, 0.3) is 0 Å². The van der Waals surface area contributed by atoms with E-state index in [1.807, 2.05) is 30.3 Å². The van der Waals surface area contributed by atoms with Crippen LogP contribution in [0, 0.1) is 11.8 Å². The van der Waals surface area contributed by atoms with Crippen molar-refractivity contribution in [1.82, 2.24) is 0 Å². The molecule has 1 unspecified atom stereocenters. The molecule has 1 aliphatic rings. The van der Waals surface area contributed by atoms with Crippen LogP contribution in [0.3, 0.4) is 0 Å². The van der Waals surface area contributed by atoms with E-state index in [4.69, 9.17) is 4.43 Å². The minimum absolute atomic E-state index is 0.363. The standard InChI is InChI=1S/C17H22OSi/c1-19(2,3)18-17(13-8-5-9-14-17)15-12-16-10-6-4-7-11-16/h4,6-8,10-11,13H,5,9,14H2,1-3H3. The molecule has 0 bridgehead atoms. The van der Waals surface area contributed by atoms with Gasteiger partial charge in [-0.05, 0) is 57.1 Å². The van der Waals surface area contributed by atoms with Crippen LogP contribution < -0.4 is 0 Å². The van der Waals surface area contributed by atoms with E-state index in [0.29, 0.717) is 0 Å². The van der Waals surface area contributed by atoms with E-state index < -0.39 is 8.32 Å². The Labute approximate surface area is 117 Å². The third-order valence-electron chi connectivity index (χ3n) is 2.99. The first-order valence-corrected chi connectivity index (χ1v) is 10.4. The van der Waals surface area contributed by atoms with Gasteiger partial charge in [0.05, 0.1) is 0 Å². The first kappa shape index (κ1) is 14.1. The van der Waals surface area contributed by atoms with E-state index >= 15 is 0 Å². The van der Waals surface area contributed by atoms with Crippen molar-refractivity contribution >= 4 is 8.32 Å². The van der Waals surface area contributed by atoms with Crippen LogP contribution in [0.15, 0.2) is 42.5 Å². The molecule has 2 heteroatoms. The molecule has 1 atom stereocenters. The molecule has 0 aliphatic heterocycles. The molecule has 100 valence electrons. The van der Waals surface area contributed by atoms with Gasteiger partial charge in [-0.2, -0.15) is 0 Å². The van der Waals surface area contributed by atoms with E-state index in [1.165, 1.54) is 0 Å². The van der Waals surface area contributed by atoms with Gasteiger partial charge in [-0.25, -0.2) is 0 Å². The summed E-state index contributed by atoms with van der Waals surface area (Å²) in [5.74, 6) is 6.66. The van der Waals surface area contributed by atoms with Crippen LogP contribution in [0.25, 0.3) is 0 Å². The Morgan fingerprint density at radius 1 is 1.16 bits per heavy atom. The second-order valence-corrected chi connectivity index (χ2v) is 10.4. The van der Waals surface area contributed by atoms with Gasteiger partial charge >= 0.3 is 0 Å². The Kier molecular flexibility index (Phi) is 4.29. The number of benzene rings is 1. The normalized spacial score (nSPS) is 22.7. The summed E-state index contributed by atoms with van der Waals surface area (Å²) in [5.41, 5.74) is 0.693. The zero-order valence-corrected chi connectivity index (χ0v) is 13.1. The van der Waals surface area contributed by atoms with Gasteiger partial charge in [-0.15, -0.1) is 0 Å². The van der Waals surface area contributed by atoms with Crippen molar-refractivity contribution in [2.75, 3.05) is 0 Å². The van der Waals surface area contributed by atoms with E-state index in [2.05, 4.69) is 43.6 Å². The highest BCUT2D eigenvalue weighted by atomic mass is 28.4. The Morgan fingerprint density at radius 2 is 1.89 bits per heavy atom. The molecule has 0 aromatic heterocycles. The summed E-state index contributed by atoms with van der Waals surface area (Å²) in [6, 6.07) is 10.1. The number of allylic oxidation sites excluding steroid dienone is 1. The Hall–Kier alpha value is -1.30. The van der Waals surface area contributed by atoms with Gasteiger partial charge in [-0.3, -0.25) is 0 Å². The Morgan fingerprint density at radius 3 is 2.47 bits per heavy atom. The topological polar surface area (TPSA) is 9.23 Å². The zero-order chi connectivity index (χ0) is 13.8. The molecule has 0 radical (unpaired) electrons. The van der Waals surface area contributed by atoms with Crippen LogP contribution in [0.1, 0.15) is 24.8 Å². The summed E-state index contributed by atoms with van der Waals surface area (Å²) in [6.45, 7) is 6.67. The maximum absolute atomic E-state index is 6.37. The first-order chi connectivity index (χ1) is 8.99. The fraction of sp³-hybridized carbons (Fsp3) is 0.412. The van der Waals surface area contributed by atoms with Crippen molar-refractivity contribution in [3.8, 4) is 11.8 Å². The molecule has 0 saturated carbocycles. The van der Waals surface area contributed by atoms with E-state index in [0.717, 1.165) is 24.8 Å². The van der Waals surface area contributed by atoms with E-state index in [1.54, 1.807) is 0 Å². The lowest BCUT2D eigenvalue weighted by molar-refractivity contribution is 0.155. The molecule has 19 heavy (non-hydrogen) atoms. The van der Waals surface area contributed by atoms with Gasteiger partial charge in [0.15, 0.2) is 8.32 Å². The highest BCUT2D eigenvalue weighted by Crippen LogP contribution is 2.29. The molecular formula is C17H22OSi. The van der Waals surface area contributed by atoms with Gasteiger partial charge in [-0.1, -0.05) is 36.1 Å². The Bertz CT molecular complexity index is 502. The molecule has 0 spiro atoms. The number of rotatable bonds is 2. The minimum Gasteiger partial charge on any atom is -0.398 e. The quantitative estimate of drug-likeness (QED) is 0.440. The third kappa shape index (κ3) is 4.38. The highest BCUT2D eigenvalue weighted by Gasteiger charge is 2.33. The fourth-order valence-electron chi connectivity index (χ4n) is 2.30. The fourth-order valence-corrected chi connectivity index (χ4v) is 3.61. The van der Waals surface area contributed by atoms with Gasteiger partial charge in [0.2, 0.25) is 0 Å². The van der Waals surface area contributed by atoms with Crippen LogP contribution in [-0.2, 0) is 4.43 Å². The molecule has 0 fully saturated rings. The summed E-state index contributed by atoms with van der Waals surface area (Å²) in [6.07, 6.45) is 7.69. The molecule has 1 aromatic carbocycles. The smallest absolute Gasteiger partial charge is 0.186 e. The molecule has 0 amide bonds. The number of hydrogen-bond donors (Lipinski definition) is 0.